The molecule has 6 rings (SSSR count). The number of fused-ring (bicyclic) bond motifs is 3. The molecule has 2 aromatic rings. The second-order valence-corrected chi connectivity index (χ2v) is 14.8. The number of halogens is 2. The van der Waals surface area contributed by atoms with Gasteiger partial charge in [0.15, 0.2) is 11.0 Å². The summed E-state index contributed by atoms with van der Waals surface area (Å²) in [5.41, 5.74) is -0.510. The van der Waals surface area contributed by atoms with Crippen molar-refractivity contribution < 1.29 is 32.9 Å². The van der Waals surface area contributed by atoms with Gasteiger partial charge in [-0.2, -0.15) is 9.97 Å². The summed E-state index contributed by atoms with van der Waals surface area (Å²) in [7, 11) is 0. The van der Waals surface area contributed by atoms with Gasteiger partial charge in [0, 0.05) is 31.2 Å². The van der Waals surface area contributed by atoms with Crippen molar-refractivity contribution in [2.45, 2.75) is 83.9 Å². The van der Waals surface area contributed by atoms with Crippen LogP contribution in [-0.4, -0.2) is 114 Å². The van der Waals surface area contributed by atoms with Crippen LogP contribution in [0.4, 0.5) is 15.0 Å². The van der Waals surface area contributed by atoms with Crippen molar-refractivity contribution in [1.29, 1.82) is 0 Å². The van der Waals surface area contributed by atoms with Crippen molar-refractivity contribution in [3.63, 3.8) is 0 Å². The third-order valence-corrected chi connectivity index (χ3v) is 9.86. The molecule has 12 nitrogen and oxygen atoms in total. The Bertz CT molecular complexity index is 1450. The fourth-order valence-electron chi connectivity index (χ4n) is 7.03. The van der Waals surface area contributed by atoms with Crippen molar-refractivity contribution in [1.82, 2.24) is 24.8 Å². The van der Waals surface area contributed by atoms with E-state index in [0.717, 1.165) is 58.2 Å². The number of anilines is 1. The molecule has 5 heterocycles. The summed E-state index contributed by atoms with van der Waals surface area (Å²) >= 11 is 6.08. The smallest absolute Gasteiger partial charge is 0.410 e. The second kappa shape index (κ2) is 13.8. The summed E-state index contributed by atoms with van der Waals surface area (Å²) < 4.78 is 37.8. The molecular weight excluding hydrogens is 631 g/mol. The number of rotatable bonds is 11. The van der Waals surface area contributed by atoms with Crippen LogP contribution in [0, 0.1) is 17.2 Å². The van der Waals surface area contributed by atoms with Gasteiger partial charge in [-0.3, -0.25) is 4.90 Å². The SMILES string of the molecule is CCOC(=O)COCC1CCN(CC2(COc3nc(N4CC5CCC(C4)N5C(=O)OC(C)(C)C)c4cnc(Cl)c(F)c4n3)CC2)CC1. The summed E-state index contributed by atoms with van der Waals surface area (Å²) in [5.74, 6) is -0.0679. The van der Waals surface area contributed by atoms with Gasteiger partial charge in [0.05, 0.1) is 37.3 Å². The molecule has 4 fully saturated rings. The molecule has 0 radical (unpaired) electrons. The second-order valence-electron chi connectivity index (χ2n) is 14.5. The Morgan fingerprint density at radius 1 is 1.09 bits per heavy atom. The van der Waals surface area contributed by atoms with Crippen LogP contribution in [0.2, 0.25) is 5.15 Å². The molecule has 258 valence electrons. The van der Waals surface area contributed by atoms with Gasteiger partial charge in [-0.25, -0.2) is 19.0 Å². The zero-order chi connectivity index (χ0) is 33.3. The van der Waals surface area contributed by atoms with E-state index in [-0.39, 0.29) is 52.8 Å². The molecule has 3 aliphatic heterocycles. The molecule has 0 aromatic carbocycles. The molecule has 47 heavy (non-hydrogen) atoms. The maximum Gasteiger partial charge on any atom is 0.410 e. The van der Waals surface area contributed by atoms with Crippen LogP contribution >= 0.6 is 11.6 Å². The molecule has 3 saturated heterocycles. The first kappa shape index (κ1) is 33.9. The van der Waals surface area contributed by atoms with E-state index in [1.165, 1.54) is 6.20 Å². The zero-order valence-electron chi connectivity index (χ0n) is 27.8. The summed E-state index contributed by atoms with van der Waals surface area (Å²) in [6.45, 7) is 12.6. The molecule has 1 saturated carbocycles. The van der Waals surface area contributed by atoms with Crippen LogP contribution in [0.25, 0.3) is 10.9 Å². The fourth-order valence-corrected chi connectivity index (χ4v) is 7.17. The maximum atomic E-state index is 15.3. The number of pyridine rings is 1. The molecule has 2 atom stereocenters. The van der Waals surface area contributed by atoms with Gasteiger partial charge < -0.3 is 28.7 Å². The highest BCUT2D eigenvalue weighted by atomic mass is 35.5. The van der Waals surface area contributed by atoms with Gasteiger partial charge in [-0.05, 0) is 85.2 Å². The van der Waals surface area contributed by atoms with Crippen molar-refractivity contribution in [3.05, 3.63) is 17.2 Å². The number of piperazine rings is 1. The Balaban J connectivity index is 1.10. The summed E-state index contributed by atoms with van der Waals surface area (Å²) in [6.07, 6.45) is 7.00. The number of carbonyl (C=O) groups is 2. The quantitative estimate of drug-likeness (QED) is 0.240. The van der Waals surface area contributed by atoms with Crippen molar-refractivity contribution in [2.24, 2.45) is 11.3 Å². The Kier molecular flexibility index (Phi) is 9.96. The third-order valence-electron chi connectivity index (χ3n) is 9.60. The van der Waals surface area contributed by atoms with E-state index >= 15 is 4.39 Å². The van der Waals surface area contributed by atoms with E-state index in [0.29, 0.717) is 50.0 Å². The van der Waals surface area contributed by atoms with E-state index in [4.69, 9.17) is 35.5 Å². The van der Waals surface area contributed by atoms with Crippen LogP contribution < -0.4 is 9.64 Å². The molecule has 1 aliphatic carbocycles. The number of hydrogen-bond donors (Lipinski definition) is 0. The van der Waals surface area contributed by atoms with E-state index < -0.39 is 11.4 Å². The standard InChI is InChI=1S/C33H46ClFN6O6/c1-5-45-25(42)18-44-17-21-8-12-39(13-9-21)19-33(10-11-33)20-46-30-37-27-24(14-36-28(34)26(27)35)29(38-30)40-15-22-6-7-23(16-40)41(22)31(43)47-32(2,3)4/h14,21-23H,5-13,15-20H2,1-4H3. The Hall–Kier alpha value is -3.03. The van der Waals surface area contributed by atoms with Crippen molar-refractivity contribution in [3.8, 4) is 6.01 Å². The fraction of sp³-hybridized carbons (Fsp3) is 0.727. The van der Waals surface area contributed by atoms with E-state index in [2.05, 4.69) is 19.8 Å². The Morgan fingerprint density at radius 3 is 2.43 bits per heavy atom. The lowest BCUT2D eigenvalue weighted by atomic mass is 9.96. The van der Waals surface area contributed by atoms with Gasteiger partial charge in [-0.15, -0.1) is 0 Å². The number of ether oxygens (including phenoxy) is 4. The minimum Gasteiger partial charge on any atom is -0.464 e. The number of amides is 1. The number of piperidine rings is 1. The molecule has 1 amide bonds. The lowest BCUT2D eigenvalue weighted by Gasteiger charge is -2.42. The molecule has 0 N–H and O–H groups in total. The number of likely N-dealkylation sites (tertiary alicyclic amines) is 1. The average molecular weight is 677 g/mol. The van der Waals surface area contributed by atoms with E-state index in [9.17, 15) is 9.59 Å². The zero-order valence-corrected chi connectivity index (χ0v) is 28.6. The molecule has 2 unspecified atom stereocenters. The third kappa shape index (κ3) is 8.00. The van der Waals surface area contributed by atoms with Crippen LogP contribution in [0.15, 0.2) is 6.20 Å². The highest BCUT2D eigenvalue weighted by Gasteiger charge is 2.47. The first-order valence-electron chi connectivity index (χ1n) is 16.8. The molecule has 0 spiro atoms. The maximum absolute atomic E-state index is 15.3. The molecule has 14 heteroatoms. The predicted molar refractivity (Wildman–Crippen MR) is 173 cm³/mol. The van der Waals surface area contributed by atoms with E-state index in [1.54, 1.807) is 6.92 Å². The Labute approximate surface area is 280 Å². The van der Waals surface area contributed by atoms with Crippen LogP contribution in [0.1, 0.15) is 66.2 Å². The van der Waals surface area contributed by atoms with Gasteiger partial charge in [0.2, 0.25) is 0 Å². The van der Waals surface area contributed by atoms with Gasteiger partial charge in [0.1, 0.15) is 23.5 Å². The average Bonchev–Trinajstić information content (AvgIpc) is 3.73. The normalized spacial score (nSPS) is 22.9. The lowest BCUT2D eigenvalue weighted by Crippen LogP contribution is -2.57. The van der Waals surface area contributed by atoms with Crippen molar-refractivity contribution in [2.75, 3.05) is 64.1 Å². The van der Waals surface area contributed by atoms with Crippen LogP contribution in [0.3, 0.4) is 0 Å². The minimum atomic E-state index is -0.705. The van der Waals surface area contributed by atoms with Crippen LogP contribution in [0.5, 0.6) is 6.01 Å². The van der Waals surface area contributed by atoms with Gasteiger partial charge >= 0.3 is 18.1 Å². The summed E-state index contributed by atoms with van der Waals surface area (Å²) in [5, 5.41) is 0.205. The van der Waals surface area contributed by atoms with Gasteiger partial charge in [-0.1, -0.05) is 11.6 Å². The number of hydrogen-bond acceptors (Lipinski definition) is 11. The summed E-state index contributed by atoms with van der Waals surface area (Å²) in [6, 6.07) is 0.0107. The number of aromatic nitrogens is 3. The van der Waals surface area contributed by atoms with E-state index in [1.807, 2.05) is 25.7 Å². The lowest BCUT2D eigenvalue weighted by molar-refractivity contribution is -0.149. The van der Waals surface area contributed by atoms with Crippen LogP contribution in [-0.2, 0) is 19.0 Å². The van der Waals surface area contributed by atoms with Crippen molar-refractivity contribution >= 4 is 40.4 Å². The largest absolute Gasteiger partial charge is 0.464 e. The Morgan fingerprint density at radius 2 is 1.79 bits per heavy atom. The number of carbonyl (C=O) groups excluding carboxylic acids is 2. The first-order chi connectivity index (χ1) is 22.4. The molecule has 4 aliphatic rings. The van der Waals surface area contributed by atoms with Gasteiger partial charge in [0.25, 0.3) is 0 Å². The minimum absolute atomic E-state index is 0.00168. The number of nitrogens with zero attached hydrogens (tertiary/aromatic N) is 6. The molecular formula is C33H46ClFN6O6. The first-order valence-corrected chi connectivity index (χ1v) is 17.2. The number of esters is 1. The predicted octanol–water partition coefficient (Wildman–Crippen LogP) is 4.86. The molecule has 2 aromatic heterocycles. The highest BCUT2D eigenvalue weighted by Crippen LogP contribution is 2.47. The molecule has 2 bridgehead atoms. The highest BCUT2D eigenvalue weighted by molar-refractivity contribution is 6.30. The monoisotopic (exact) mass is 676 g/mol. The summed E-state index contributed by atoms with van der Waals surface area (Å²) in [4.78, 5) is 44.3. The topological polar surface area (TPSA) is 119 Å².